The third-order valence-electron chi connectivity index (χ3n) is 8.21. The quantitative estimate of drug-likeness (QED) is 0.145. The maximum absolute atomic E-state index is 3.36. The van der Waals surface area contributed by atoms with Gasteiger partial charge in [-0.05, 0) is 49.7 Å². The summed E-state index contributed by atoms with van der Waals surface area (Å²) in [6.07, 6.45) is 3.36. The Balaban J connectivity index is 0. The van der Waals surface area contributed by atoms with Gasteiger partial charge in [-0.2, -0.15) is 11.1 Å². The van der Waals surface area contributed by atoms with E-state index in [-0.39, 0.29) is 69.8 Å². The van der Waals surface area contributed by atoms with Gasteiger partial charge in [-0.15, -0.1) is 44.1 Å². The van der Waals surface area contributed by atoms with Crippen LogP contribution in [0.4, 0.5) is 0 Å². The van der Waals surface area contributed by atoms with Crippen LogP contribution in [0.15, 0.2) is 71.3 Å². The van der Waals surface area contributed by atoms with Gasteiger partial charge in [0.05, 0.1) is 0 Å². The average molecular weight is 706 g/mol. The van der Waals surface area contributed by atoms with Crippen molar-refractivity contribution in [3.05, 3.63) is 111 Å². The van der Waals surface area contributed by atoms with Crippen molar-refractivity contribution in [2.75, 3.05) is 0 Å². The molecule has 0 heterocycles. The van der Waals surface area contributed by atoms with Crippen molar-refractivity contribution < 1.29 is 21.7 Å². The molecule has 1 aliphatic rings. The Hall–Kier alpha value is -1.06. The van der Waals surface area contributed by atoms with Crippen LogP contribution in [0.5, 0.6) is 0 Å². The van der Waals surface area contributed by atoms with Gasteiger partial charge in [-0.1, -0.05) is 161 Å². The molecule has 1 aliphatic carbocycles. The van der Waals surface area contributed by atoms with E-state index in [9.17, 15) is 0 Å². The summed E-state index contributed by atoms with van der Waals surface area (Å²) in [6, 6.07) is 21.7. The first-order valence-corrected chi connectivity index (χ1v) is 16.4. The summed E-state index contributed by atoms with van der Waals surface area (Å²) >= 11 is 0. The van der Waals surface area contributed by atoms with Crippen LogP contribution >= 0.6 is 37.2 Å². The van der Waals surface area contributed by atoms with E-state index in [0.29, 0.717) is 5.92 Å². The Morgan fingerprint density at radius 3 is 1.07 bits per heavy atom. The fourth-order valence-electron chi connectivity index (χ4n) is 5.54. The molecule has 4 rings (SSSR count). The number of hydrogen-bond acceptors (Lipinski definition) is 0. The zero-order valence-corrected chi connectivity index (χ0v) is 34.5. The monoisotopic (exact) mass is 704 g/mol. The second kappa shape index (κ2) is 17.7. The number of aryl methyl sites for hydroxylation is 4. The van der Waals surface area contributed by atoms with Crippen molar-refractivity contribution in [2.45, 2.75) is 108 Å². The van der Waals surface area contributed by atoms with Gasteiger partial charge in [0.15, 0.2) is 8.80 Å². The van der Waals surface area contributed by atoms with Crippen molar-refractivity contribution in [1.29, 1.82) is 0 Å². The summed E-state index contributed by atoms with van der Waals surface area (Å²) in [6.45, 7) is 31.6. The first kappa shape index (κ1) is 45.1. The largest absolute Gasteiger partial charge is 0.266 e. The van der Waals surface area contributed by atoms with Crippen LogP contribution in [-0.2, 0) is 32.5 Å². The summed E-state index contributed by atoms with van der Waals surface area (Å²) in [5.74, 6) is 0.560. The molecule has 1 unspecified atom stereocenters. The molecule has 0 saturated carbocycles. The van der Waals surface area contributed by atoms with E-state index in [2.05, 4.69) is 158 Å². The van der Waals surface area contributed by atoms with Crippen molar-refractivity contribution >= 4 is 61.6 Å². The van der Waals surface area contributed by atoms with Gasteiger partial charge >= 0.3 is 0 Å². The third-order valence-corrected chi connectivity index (χ3v) is 10.8. The van der Waals surface area contributed by atoms with Crippen LogP contribution in [0.1, 0.15) is 103 Å². The first-order valence-electron chi connectivity index (χ1n) is 14.9. The Morgan fingerprint density at radius 2 is 0.841 bits per heavy atom. The summed E-state index contributed by atoms with van der Waals surface area (Å²) in [5.41, 5.74) is 12.8. The summed E-state index contributed by atoms with van der Waals surface area (Å²) in [4.78, 5) is 0. The molecule has 241 valence electrons. The summed E-state index contributed by atoms with van der Waals surface area (Å²) in [7, 11) is -1.13. The van der Waals surface area contributed by atoms with E-state index in [4.69, 9.17) is 0 Å². The molecular weight excluding hydrogens is 651 g/mol. The third kappa shape index (κ3) is 11.6. The fourth-order valence-corrected chi connectivity index (χ4v) is 8.63. The second-order valence-electron chi connectivity index (χ2n) is 14.2. The number of allylic oxidation sites excluding steroid dienone is 4. The SMILES string of the molecule is CC1=[C-]C(C)C(C)=C1C.Cc1cc(C)cc([Si](c2cc(C)cc(C)c2)c2cc(C(C)(C)C)cc(C(C)(C)C)c2)c1.Cl.Cl.Cl.[Ti]. The van der Waals surface area contributed by atoms with Crippen molar-refractivity contribution in [1.82, 2.24) is 0 Å². The first-order chi connectivity index (χ1) is 18.4. The normalized spacial score (nSPS) is 14.3. The van der Waals surface area contributed by atoms with E-state index < -0.39 is 8.80 Å². The van der Waals surface area contributed by atoms with Crippen LogP contribution in [0.2, 0.25) is 0 Å². The van der Waals surface area contributed by atoms with Crippen LogP contribution in [0, 0.1) is 39.7 Å². The van der Waals surface area contributed by atoms with Gasteiger partial charge in [0.1, 0.15) is 0 Å². The van der Waals surface area contributed by atoms with Crippen LogP contribution in [0.25, 0.3) is 0 Å². The van der Waals surface area contributed by atoms with Crippen LogP contribution in [0.3, 0.4) is 0 Å². The van der Waals surface area contributed by atoms with Crippen LogP contribution in [-0.4, -0.2) is 8.80 Å². The van der Waals surface area contributed by atoms with Gasteiger partial charge in [-0.25, -0.2) is 5.57 Å². The standard InChI is InChI=1S/C30H39Si.C9H13.3ClH.Ti/c1-20-11-21(2)14-26(13-20)31(27-15-22(3)12-23(4)16-27)28-18-24(29(5,6)7)17-25(19-28)30(8,9)10;1-6-5-7(2)9(4)8(6)3;;;;/h11-19H,1-10H3;6H,1-4H3;3*1H;/q;-1;;;;. The number of halogens is 3. The Bertz CT molecular complexity index is 1330. The molecule has 0 fully saturated rings. The molecule has 1 atom stereocenters. The topological polar surface area (TPSA) is 0 Å². The zero-order valence-electron chi connectivity index (χ0n) is 29.5. The van der Waals surface area contributed by atoms with Crippen molar-refractivity contribution in [3.8, 4) is 0 Å². The van der Waals surface area contributed by atoms with Crippen molar-refractivity contribution in [2.24, 2.45) is 5.92 Å². The zero-order chi connectivity index (χ0) is 30.2. The molecular formula is C39H55Cl3SiTi-. The molecule has 0 saturated heterocycles. The molecule has 0 bridgehead atoms. The molecule has 0 aliphatic heterocycles. The average Bonchev–Trinajstić information content (AvgIpc) is 3.02. The molecule has 0 aromatic heterocycles. The van der Waals surface area contributed by atoms with Gasteiger partial charge in [0, 0.05) is 21.7 Å². The molecule has 3 aromatic carbocycles. The van der Waals surface area contributed by atoms with E-state index in [1.807, 2.05) is 0 Å². The Labute approximate surface area is 305 Å². The number of hydrogen-bond donors (Lipinski definition) is 0. The predicted octanol–water partition coefficient (Wildman–Crippen LogP) is 10.0. The minimum atomic E-state index is -1.13. The number of benzene rings is 3. The van der Waals surface area contributed by atoms with Gasteiger partial charge in [0.25, 0.3) is 0 Å². The maximum atomic E-state index is 3.36. The van der Waals surface area contributed by atoms with E-state index >= 15 is 0 Å². The molecule has 0 amide bonds. The Morgan fingerprint density at radius 1 is 0.523 bits per heavy atom. The molecule has 44 heavy (non-hydrogen) atoms. The molecule has 0 spiro atoms. The van der Waals surface area contributed by atoms with Gasteiger partial charge in [-0.3, -0.25) is 6.08 Å². The molecule has 5 heteroatoms. The van der Waals surface area contributed by atoms with Gasteiger partial charge < -0.3 is 0 Å². The summed E-state index contributed by atoms with van der Waals surface area (Å²) < 4.78 is 0. The minimum Gasteiger partial charge on any atom is -0.266 e. The molecule has 0 nitrogen and oxygen atoms in total. The summed E-state index contributed by atoms with van der Waals surface area (Å²) in [5, 5.41) is 4.47. The molecule has 1 radical (unpaired) electrons. The van der Waals surface area contributed by atoms with Crippen LogP contribution < -0.4 is 15.6 Å². The second-order valence-corrected chi connectivity index (χ2v) is 16.7. The predicted molar refractivity (Wildman–Crippen MR) is 202 cm³/mol. The minimum absolute atomic E-state index is 0. The Kier molecular flexibility index (Phi) is 18.2. The van der Waals surface area contributed by atoms with E-state index in [0.717, 1.165) is 0 Å². The smallest absolute Gasteiger partial charge is 0.154 e. The fraction of sp³-hybridized carbons (Fsp3) is 0.436. The van der Waals surface area contributed by atoms with E-state index in [1.165, 1.54) is 65.7 Å². The van der Waals surface area contributed by atoms with Crippen molar-refractivity contribution in [3.63, 3.8) is 0 Å². The van der Waals surface area contributed by atoms with Gasteiger partial charge in [0.2, 0.25) is 0 Å². The maximum Gasteiger partial charge on any atom is 0.154 e. The molecule has 3 aromatic rings. The number of rotatable bonds is 3. The van der Waals surface area contributed by atoms with E-state index in [1.54, 1.807) is 0 Å². The molecule has 0 N–H and O–H groups in total.